The minimum absolute atomic E-state index is 0.145. The van der Waals surface area contributed by atoms with E-state index in [0.29, 0.717) is 13.2 Å². The molecule has 2 aromatic rings. The molecule has 3 nitrogen and oxygen atoms in total. The highest BCUT2D eigenvalue weighted by Gasteiger charge is 2.11. The van der Waals surface area contributed by atoms with Crippen molar-refractivity contribution >= 4 is 5.78 Å². The lowest BCUT2D eigenvalue weighted by Gasteiger charge is -2.15. The average molecular weight is 295 g/mol. The third-order valence-electron chi connectivity index (χ3n) is 4.00. The third-order valence-corrected chi connectivity index (χ3v) is 4.00. The Morgan fingerprint density at radius 3 is 2.32 bits per heavy atom. The van der Waals surface area contributed by atoms with Crippen molar-refractivity contribution in [3.63, 3.8) is 0 Å². The summed E-state index contributed by atoms with van der Waals surface area (Å²) in [7, 11) is 0. The lowest BCUT2D eigenvalue weighted by molar-refractivity contribution is 0.0993. The fourth-order valence-corrected chi connectivity index (χ4v) is 2.69. The minimum Gasteiger partial charge on any atom is -0.478 e. The van der Waals surface area contributed by atoms with Crippen LogP contribution in [0.1, 0.15) is 28.8 Å². The molecule has 0 aliphatic carbocycles. The summed E-state index contributed by atoms with van der Waals surface area (Å²) in [4.78, 5) is 14.5. The van der Waals surface area contributed by atoms with E-state index in [-0.39, 0.29) is 5.78 Å². The summed E-state index contributed by atoms with van der Waals surface area (Å²) in [6, 6.07) is 17.3. The highest BCUT2D eigenvalue weighted by molar-refractivity contribution is 5.97. The van der Waals surface area contributed by atoms with Gasteiger partial charge in [-0.15, -0.1) is 0 Å². The van der Waals surface area contributed by atoms with Crippen LogP contribution >= 0.6 is 0 Å². The zero-order valence-electron chi connectivity index (χ0n) is 12.7. The summed E-state index contributed by atoms with van der Waals surface area (Å²) in [6.45, 7) is 2.91. The van der Waals surface area contributed by atoms with E-state index >= 15 is 0 Å². The standard InChI is InChI=1S/C19H21NO2/c21-19(17-6-2-1-3-7-17)14-16-8-10-18(11-9-16)22-15-20-12-4-5-13-20/h1-3,6-11H,4-5,12-15H2. The van der Waals surface area contributed by atoms with E-state index in [9.17, 15) is 4.79 Å². The van der Waals surface area contributed by atoms with Gasteiger partial charge in [0.15, 0.2) is 5.78 Å². The first-order valence-corrected chi connectivity index (χ1v) is 7.83. The number of carbonyl (C=O) groups excluding carboxylic acids is 1. The Labute approximate surface area is 131 Å². The number of hydrogen-bond acceptors (Lipinski definition) is 3. The van der Waals surface area contributed by atoms with Crippen molar-refractivity contribution < 1.29 is 9.53 Å². The fraction of sp³-hybridized carbons (Fsp3) is 0.316. The first kappa shape index (κ1) is 14.8. The summed E-state index contributed by atoms with van der Waals surface area (Å²) < 4.78 is 5.78. The number of rotatable bonds is 6. The second kappa shape index (κ2) is 7.23. The second-order valence-electron chi connectivity index (χ2n) is 5.71. The second-order valence-corrected chi connectivity index (χ2v) is 5.71. The Balaban J connectivity index is 1.53. The van der Waals surface area contributed by atoms with Gasteiger partial charge in [0, 0.05) is 25.1 Å². The molecule has 114 valence electrons. The van der Waals surface area contributed by atoms with Crippen LogP contribution in [0.3, 0.4) is 0 Å². The largest absolute Gasteiger partial charge is 0.478 e. The fourth-order valence-electron chi connectivity index (χ4n) is 2.69. The summed E-state index contributed by atoms with van der Waals surface area (Å²) in [5, 5.41) is 0. The van der Waals surface area contributed by atoms with E-state index < -0.39 is 0 Å². The lowest BCUT2D eigenvalue weighted by Crippen LogP contribution is -2.24. The molecule has 1 aliphatic heterocycles. The SMILES string of the molecule is O=C(Cc1ccc(OCN2CCCC2)cc1)c1ccccc1. The van der Waals surface area contributed by atoms with E-state index in [1.54, 1.807) is 0 Å². The van der Waals surface area contributed by atoms with Gasteiger partial charge in [-0.2, -0.15) is 0 Å². The van der Waals surface area contributed by atoms with Crippen molar-refractivity contribution in [2.45, 2.75) is 19.3 Å². The zero-order chi connectivity index (χ0) is 15.2. The van der Waals surface area contributed by atoms with E-state index in [0.717, 1.165) is 30.0 Å². The Bertz CT molecular complexity index is 601. The van der Waals surface area contributed by atoms with Gasteiger partial charge in [0.2, 0.25) is 0 Å². The van der Waals surface area contributed by atoms with Crippen molar-refractivity contribution in [2.75, 3.05) is 19.8 Å². The van der Waals surface area contributed by atoms with Crippen LogP contribution in [0.15, 0.2) is 54.6 Å². The number of ketones is 1. The van der Waals surface area contributed by atoms with Crippen LogP contribution in [0.25, 0.3) is 0 Å². The number of benzene rings is 2. The van der Waals surface area contributed by atoms with Gasteiger partial charge in [-0.1, -0.05) is 42.5 Å². The monoisotopic (exact) mass is 295 g/mol. The Kier molecular flexibility index (Phi) is 4.86. The maximum absolute atomic E-state index is 12.2. The molecule has 3 rings (SSSR count). The molecule has 2 aromatic carbocycles. The first-order valence-electron chi connectivity index (χ1n) is 7.83. The molecular weight excluding hydrogens is 274 g/mol. The van der Waals surface area contributed by atoms with Crippen molar-refractivity contribution in [3.05, 3.63) is 65.7 Å². The molecule has 1 heterocycles. The van der Waals surface area contributed by atoms with Gasteiger partial charge >= 0.3 is 0 Å². The molecule has 0 atom stereocenters. The number of ether oxygens (including phenoxy) is 1. The number of likely N-dealkylation sites (tertiary alicyclic amines) is 1. The molecule has 1 saturated heterocycles. The third kappa shape index (κ3) is 3.95. The van der Waals surface area contributed by atoms with Crippen LogP contribution in [-0.2, 0) is 6.42 Å². The van der Waals surface area contributed by atoms with Gasteiger partial charge in [0.1, 0.15) is 12.5 Å². The number of Topliss-reactive ketones (excluding diaryl/α,β-unsaturated/α-hetero) is 1. The molecule has 0 N–H and O–H groups in total. The quantitative estimate of drug-likeness (QED) is 0.763. The molecule has 0 saturated carbocycles. The van der Waals surface area contributed by atoms with Gasteiger partial charge in [0.25, 0.3) is 0 Å². The maximum Gasteiger partial charge on any atom is 0.167 e. The van der Waals surface area contributed by atoms with Crippen LogP contribution in [0, 0.1) is 0 Å². The van der Waals surface area contributed by atoms with E-state index in [4.69, 9.17) is 4.74 Å². The highest BCUT2D eigenvalue weighted by Crippen LogP contribution is 2.15. The van der Waals surface area contributed by atoms with E-state index in [1.165, 1.54) is 12.8 Å². The average Bonchev–Trinajstić information content (AvgIpc) is 3.08. The molecule has 1 aliphatic rings. The Morgan fingerprint density at radius 1 is 0.955 bits per heavy atom. The van der Waals surface area contributed by atoms with Crippen molar-refractivity contribution in [3.8, 4) is 5.75 Å². The van der Waals surface area contributed by atoms with Crippen molar-refractivity contribution in [2.24, 2.45) is 0 Å². The van der Waals surface area contributed by atoms with Crippen LogP contribution in [-0.4, -0.2) is 30.5 Å². The predicted octanol–water partition coefficient (Wildman–Crippen LogP) is 3.54. The molecule has 1 fully saturated rings. The molecule has 3 heteroatoms. The normalized spacial score (nSPS) is 14.9. The van der Waals surface area contributed by atoms with Gasteiger partial charge in [-0.25, -0.2) is 0 Å². The summed E-state index contributed by atoms with van der Waals surface area (Å²) in [6.07, 6.45) is 2.96. The Morgan fingerprint density at radius 2 is 1.64 bits per heavy atom. The Hall–Kier alpha value is -2.13. The molecule has 0 aromatic heterocycles. The predicted molar refractivity (Wildman–Crippen MR) is 87.2 cm³/mol. The van der Waals surface area contributed by atoms with Gasteiger partial charge in [-0.3, -0.25) is 9.69 Å². The first-order chi connectivity index (χ1) is 10.8. The lowest BCUT2D eigenvalue weighted by atomic mass is 10.0. The molecular formula is C19H21NO2. The van der Waals surface area contributed by atoms with Gasteiger partial charge in [0.05, 0.1) is 0 Å². The van der Waals surface area contributed by atoms with Crippen LogP contribution in [0.2, 0.25) is 0 Å². The molecule has 0 spiro atoms. The van der Waals surface area contributed by atoms with Crippen LogP contribution in [0.4, 0.5) is 0 Å². The summed E-state index contributed by atoms with van der Waals surface area (Å²) >= 11 is 0. The molecule has 0 bridgehead atoms. The van der Waals surface area contributed by atoms with Crippen LogP contribution < -0.4 is 4.74 Å². The number of hydrogen-bond donors (Lipinski definition) is 0. The number of carbonyl (C=O) groups is 1. The van der Waals surface area contributed by atoms with E-state index in [2.05, 4.69) is 4.90 Å². The minimum atomic E-state index is 0.145. The molecule has 0 radical (unpaired) electrons. The smallest absolute Gasteiger partial charge is 0.167 e. The van der Waals surface area contributed by atoms with Crippen molar-refractivity contribution in [1.82, 2.24) is 4.90 Å². The van der Waals surface area contributed by atoms with Crippen molar-refractivity contribution in [1.29, 1.82) is 0 Å². The van der Waals surface area contributed by atoms with Crippen LogP contribution in [0.5, 0.6) is 5.75 Å². The highest BCUT2D eigenvalue weighted by atomic mass is 16.5. The topological polar surface area (TPSA) is 29.5 Å². The zero-order valence-corrected chi connectivity index (χ0v) is 12.7. The van der Waals surface area contributed by atoms with E-state index in [1.807, 2.05) is 54.6 Å². The number of nitrogens with zero attached hydrogens (tertiary/aromatic N) is 1. The summed E-state index contributed by atoms with van der Waals surface area (Å²) in [5.41, 5.74) is 1.78. The maximum atomic E-state index is 12.2. The molecule has 22 heavy (non-hydrogen) atoms. The summed E-state index contributed by atoms with van der Waals surface area (Å²) in [5.74, 6) is 1.01. The molecule has 0 amide bonds. The van der Waals surface area contributed by atoms with Gasteiger partial charge in [-0.05, 0) is 30.5 Å². The molecule has 0 unspecified atom stereocenters. The van der Waals surface area contributed by atoms with Gasteiger partial charge < -0.3 is 4.74 Å².